The quantitative estimate of drug-likeness (QED) is 0.683. The van der Waals surface area contributed by atoms with Gasteiger partial charge in [-0.15, -0.1) is 0 Å². The lowest BCUT2D eigenvalue weighted by Crippen LogP contribution is -2.35. The largest absolute Gasteiger partial charge is 0.354 e. The Hall–Kier alpha value is -1.06. The summed E-state index contributed by atoms with van der Waals surface area (Å²) in [7, 11) is 0. The van der Waals surface area contributed by atoms with Gasteiger partial charge in [0.25, 0.3) is 0 Å². The molecular formula is C13H22N2O2. The smallest absolute Gasteiger partial charge is 0.223 e. The normalized spacial score (nSPS) is 20.2. The van der Waals surface area contributed by atoms with Crippen molar-refractivity contribution in [1.82, 2.24) is 10.6 Å². The van der Waals surface area contributed by atoms with Crippen LogP contribution >= 0.6 is 0 Å². The van der Waals surface area contributed by atoms with Crippen LogP contribution in [0.1, 0.15) is 44.9 Å². The molecule has 0 aromatic heterocycles. The SMILES string of the molecule is O=C(CC1CCCC1)NCCNC(=O)C1CC1. The molecule has 2 aliphatic rings. The molecule has 96 valence electrons. The number of hydrogen-bond donors (Lipinski definition) is 2. The summed E-state index contributed by atoms with van der Waals surface area (Å²) in [5.41, 5.74) is 0. The zero-order valence-corrected chi connectivity index (χ0v) is 10.3. The molecule has 4 nitrogen and oxygen atoms in total. The molecule has 2 saturated carbocycles. The van der Waals surface area contributed by atoms with Crippen molar-refractivity contribution < 1.29 is 9.59 Å². The van der Waals surface area contributed by atoms with Gasteiger partial charge in [-0.1, -0.05) is 12.8 Å². The van der Waals surface area contributed by atoms with E-state index in [0.29, 0.717) is 25.4 Å². The Balaban J connectivity index is 1.48. The molecule has 0 aliphatic heterocycles. The predicted octanol–water partition coefficient (Wildman–Crippen LogP) is 1.21. The summed E-state index contributed by atoms with van der Waals surface area (Å²) in [6.07, 6.45) is 7.67. The lowest BCUT2D eigenvalue weighted by atomic mass is 10.0. The van der Waals surface area contributed by atoms with Crippen LogP contribution in [0.15, 0.2) is 0 Å². The van der Waals surface area contributed by atoms with E-state index in [4.69, 9.17) is 0 Å². The Bertz CT molecular complexity index is 281. The second-order valence-corrected chi connectivity index (χ2v) is 5.27. The molecule has 0 heterocycles. The lowest BCUT2D eigenvalue weighted by molar-refractivity contribution is -0.124. The Morgan fingerprint density at radius 1 is 0.941 bits per heavy atom. The first kappa shape index (κ1) is 12.4. The fourth-order valence-corrected chi connectivity index (χ4v) is 2.43. The molecule has 2 fully saturated rings. The van der Waals surface area contributed by atoms with Crippen molar-refractivity contribution in [3.05, 3.63) is 0 Å². The minimum atomic E-state index is 0.137. The molecular weight excluding hydrogens is 216 g/mol. The number of nitrogens with one attached hydrogen (secondary N) is 2. The van der Waals surface area contributed by atoms with Crippen LogP contribution in [0.3, 0.4) is 0 Å². The fraction of sp³-hybridized carbons (Fsp3) is 0.846. The maximum absolute atomic E-state index is 11.6. The maximum Gasteiger partial charge on any atom is 0.223 e. The van der Waals surface area contributed by atoms with Crippen LogP contribution in [0.5, 0.6) is 0 Å². The van der Waals surface area contributed by atoms with Crippen LogP contribution in [0.25, 0.3) is 0 Å². The third kappa shape index (κ3) is 4.36. The molecule has 4 heteroatoms. The van der Waals surface area contributed by atoms with Crippen LogP contribution < -0.4 is 10.6 Å². The van der Waals surface area contributed by atoms with E-state index in [1.54, 1.807) is 0 Å². The van der Waals surface area contributed by atoms with Crippen LogP contribution in [0, 0.1) is 11.8 Å². The minimum Gasteiger partial charge on any atom is -0.354 e. The number of carbonyl (C=O) groups excluding carboxylic acids is 2. The molecule has 0 aromatic rings. The van der Waals surface area contributed by atoms with Crippen molar-refractivity contribution in [2.45, 2.75) is 44.9 Å². The van der Waals surface area contributed by atoms with Gasteiger partial charge in [-0.3, -0.25) is 9.59 Å². The highest BCUT2D eigenvalue weighted by molar-refractivity contribution is 5.81. The van der Waals surface area contributed by atoms with Gasteiger partial charge in [-0.2, -0.15) is 0 Å². The van der Waals surface area contributed by atoms with Crippen molar-refractivity contribution in [3.8, 4) is 0 Å². The van der Waals surface area contributed by atoms with Crippen LogP contribution in [-0.4, -0.2) is 24.9 Å². The Morgan fingerprint density at radius 2 is 1.59 bits per heavy atom. The first-order valence-electron chi connectivity index (χ1n) is 6.80. The highest BCUT2D eigenvalue weighted by Gasteiger charge is 2.29. The van der Waals surface area contributed by atoms with Gasteiger partial charge in [-0.25, -0.2) is 0 Å². The first-order valence-corrected chi connectivity index (χ1v) is 6.80. The number of rotatable bonds is 6. The number of amides is 2. The number of carbonyl (C=O) groups is 2. The average Bonchev–Trinajstić information content (AvgIpc) is 3.04. The van der Waals surface area contributed by atoms with Crippen molar-refractivity contribution in [2.75, 3.05) is 13.1 Å². The maximum atomic E-state index is 11.6. The van der Waals surface area contributed by atoms with Gasteiger partial charge in [0.15, 0.2) is 0 Å². The molecule has 0 radical (unpaired) electrons. The molecule has 0 aromatic carbocycles. The fourth-order valence-electron chi connectivity index (χ4n) is 2.43. The Kier molecular flexibility index (Phi) is 4.40. The van der Waals surface area contributed by atoms with Gasteiger partial charge < -0.3 is 10.6 Å². The van der Waals surface area contributed by atoms with E-state index in [-0.39, 0.29) is 17.7 Å². The van der Waals surface area contributed by atoms with Crippen molar-refractivity contribution >= 4 is 11.8 Å². The Morgan fingerprint density at radius 3 is 2.24 bits per heavy atom. The zero-order valence-electron chi connectivity index (χ0n) is 10.3. The Labute approximate surface area is 103 Å². The molecule has 2 aliphatic carbocycles. The first-order chi connectivity index (χ1) is 8.25. The van der Waals surface area contributed by atoms with Crippen molar-refractivity contribution in [2.24, 2.45) is 11.8 Å². The highest BCUT2D eigenvalue weighted by atomic mass is 16.2. The molecule has 17 heavy (non-hydrogen) atoms. The monoisotopic (exact) mass is 238 g/mol. The van der Waals surface area contributed by atoms with Gasteiger partial charge in [-0.05, 0) is 31.6 Å². The van der Waals surface area contributed by atoms with E-state index in [2.05, 4.69) is 10.6 Å². The standard InChI is InChI=1S/C13H22N2O2/c16-12(9-10-3-1-2-4-10)14-7-8-15-13(17)11-5-6-11/h10-11H,1-9H2,(H,14,16)(H,15,17). The summed E-state index contributed by atoms with van der Waals surface area (Å²) < 4.78 is 0. The molecule has 0 bridgehead atoms. The molecule has 0 unspecified atom stereocenters. The van der Waals surface area contributed by atoms with Gasteiger partial charge in [0.2, 0.25) is 11.8 Å². The summed E-state index contributed by atoms with van der Waals surface area (Å²) in [4.78, 5) is 22.9. The summed E-state index contributed by atoms with van der Waals surface area (Å²) >= 11 is 0. The molecule has 2 rings (SSSR count). The summed E-state index contributed by atoms with van der Waals surface area (Å²) in [6.45, 7) is 1.12. The summed E-state index contributed by atoms with van der Waals surface area (Å²) in [5, 5.41) is 5.71. The number of hydrogen-bond acceptors (Lipinski definition) is 2. The minimum absolute atomic E-state index is 0.137. The van der Waals surface area contributed by atoms with Gasteiger partial charge in [0.05, 0.1) is 0 Å². The van der Waals surface area contributed by atoms with Crippen LogP contribution in [-0.2, 0) is 9.59 Å². The van der Waals surface area contributed by atoms with E-state index in [9.17, 15) is 9.59 Å². The van der Waals surface area contributed by atoms with E-state index >= 15 is 0 Å². The van der Waals surface area contributed by atoms with Gasteiger partial charge >= 0.3 is 0 Å². The van der Waals surface area contributed by atoms with E-state index in [1.807, 2.05) is 0 Å². The van der Waals surface area contributed by atoms with Gasteiger partial charge in [0, 0.05) is 25.4 Å². The topological polar surface area (TPSA) is 58.2 Å². The summed E-state index contributed by atoms with van der Waals surface area (Å²) in [5.74, 6) is 1.13. The van der Waals surface area contributed by atoms with E-state index in [1.165, 1.54) is 25.7 Å². The highest BCUT2D eigenvalue weighted by Crippen LogP contribution is 2.28. The third-order valence-corrected chi connectivity index (χ3v) is 3.64. The molecule has 0 atom stereocenters. The van der Waals surface area contributed by atoms with E-state index in [0.717, 1.165) is 12.8 Å². The predicted molar refractivity (Wildman–Crippen MR) is 65.3 cm³/mol. The molecule has 0 spiro atoms. The van der Waals surface area contributed by atoms with Gasteiger partial charge in [0.1, 0.15) is 0 Å². The van der Waals surface area contributed by atoms with Crippen molar-refractivity contribution in [1.29, 1.82) is 0 Å². The zero-order chi connectivity index (χ0) is 12.1. The molecule has 2 N–H and O–H groups in total. The van der Waals surface area contributed by atoms with Crippen molar-refractivity contribution in [3.63, 3.8) is 0 Å². The van der Waals surface area contributed by atoms with E-state index < -0.39 is 0 Å². The third-order valence-electron chi connectivity index (χ3n) is 3.64. The van der Waals surface area contributed by atoms with Crippen LogP contribution in [0.2, 0.25) is 0 Å². The molecule has 0 saturated heterocycles. The lowest BCUT2D eigenvalue weighted by Gasteiger charge is -2.10. The summed E-state index contributed by atoms with van der Waals surface area (Å²) in [6, 6.07) is 0. The van der Waals surface area contributed by atoms with Crippen LogP contribution in [0.4, 0.5) is 0 Å². The second-order valence-electron chi connectivity index (χ2n) is 5.27. The second kappa shape index (κ2) is 6.03. The molecule has 2 amide bonds. The average molecular weight is 238 g/mol.